The van der Waals surface area contributed by atoms with Crippen LogP contribution in [0.5, 0.6) is 11.5 Å². The van der Waals surface area contributed by atoms with Crippen molar-refractivity contribution in [1.29, 1.82) is 0 Å². The highest BCUT2D eigenvalue weighted by Crippen LogP contribution is 2.37. The molecule has 0 bridgehead atoms. The lowest BCUT2D eigenvalue weighted by molar-refractivity contribution is 0.112. The first-order valence-corrected chi connectivity index (χ1v) is 8.32. The Bertz CT molecular complexity index is 610. The second-order valence-electron chi connectivity index (χ2n) is 3.88. The van der Waals surface area contributed by atoms with E-state index in [-0.39, 0.29) is 0 Å². The van der Waals surface area contributed by atoms with Crippen LogP contribution in [0.25, 0.3) is 0 Å². The van der Waals surface area contributed by atoms with E-state index in [1.165, 1.54) is 0 Å². The molecular weight excluding hydrogens is 408 g/mol. The molecule has 106 valence electrons. The van der Waals surface area contributed by atoms with Crippen LogP contribution < -0.4 is 9.47 Å². The summed E-state index contributed by atoms with van der Waals surface area (Å²) in [5.41, 5.74) is 0.548. The number of aldehydes is 1. The van der Waals surface area contributed by atoms with E-state index in [1.54, 1.807) is 23.5 Å². The molecule has 2 aromatic rings. The number of rotatable bonds is 6. The fourth-order valence-corrected chi connectivity index (χ4v) is 3.60. The van der Waals surface area contributed by atoms with Gasteiger partial charge < -0.3 is 9.47 Å². The second kappa shape index (κ2) is 7.24. The minimum atomic E-state index is 0.454. The molecule has 6 heteroatoms. The van der Waals surface area contributed by atoms with Gasteiger partial charge in [0.25, 0.3) is 0 Å². The summed E-state index contributed by atoms with van der Waals surface area (Å²) in [6.45, 7) is 2.85. The van der Waals surface area contributed by atoms with Crippen LogP contribution >= 0.6 is 43.2 Å². The highest BCUT2D eigenvalue weighted by Gasteiger charge is 2.12. The number of hydrogen-bond donors (Lipinski definition) is 0. The number of carbonyl (C=O) groups is 1. The summed E-state index contributed by atoms with van der Waals surface area (Å²) in [5, 5.41) is 0. The number of thiophene rings is 1. The molecule has 1 heterocycles. The molecule has 1 aromatic heterocycles. The lowest BCUT2D eigenvalue weighted by Gasteiger charge is -2.13. The van der Waals surface area contributed by atoms with Crippen molar-refractivity contribution in [3.8, 4) is 11.5 Å². The van der Waals surface area contributed by atoms with E-state index in [4.69, 9.17) is 9.47 Å². The van der Waals surface area contributed by atoms with Gasteiger partial charge in [0.05, 0.1) is 14.9 Å². The molecule has 2 rings (SSSR count). The van der Waals surface area contributed by atoms with Gasteiger partial charge in [-0.1, -0.05) is 0 Å². The molecule has 0 fully saturated rings. The van der Waals surface area contributed by atoms with Gasteiger partial charge in [0.1, 0.15) is 12.9 Å². The van der Waals surface area contributed by atoms with Crippen molar-refractivity contribution in [2.75, 3.05) is 6.61 Å². The molecule has 20 heavy (non-hydrogen) atoms. The quantitative estimate of drug-likeness (QED) is 0.613. The van der Waals surface area contributed by atoms with Crippen molar-refractivity contribution in [2.24, 2.45) is 0 Å². The number of carbonyl (C=O) groups excluding carboxylic acids is 1. The maximum absolute atomic E-state index is 10.9. The van der Waals surface area contributed by atoms with E-state index in [1.807, 2.05) is 19.1 Å². The van der Waals surface area contributed by atoms with Gasteiger partial charge in [-0.2, -0.15) is 0 Å². The Morgan fingerprint density at radius 3 is 2.65 bits per heavy atom. The monoisotopic (exact) mass is 418 g/mol. The van der Waals surface area contributed by atoms with Gasteiger partial charge in [-0.3, -0.25) is 4.79 Å². The lowest BCUT2D eigenvalue weighted by atomic mass is 10.2. The highest BCUT2D eigenvalue weighted by atomic mass is 79.9. The standard InChI is InChI=1S/C14H12Br2O3S/c1-2-18-12-6-9(7-17)5-11(15)14(12)19-8-10-3-4-13(16)20-10/h3-7H,2,8H2,1H3. The Morgan fingerprint density at radius 1 is 1.25 bits per heavy atom. The van der Waals surface area contributed by atoms with E-state index in [2.05, 4.69) is 31.9 Å². The number of ether oxygens (including phenoxy) is 2. The minimum Gasteiger partial charge on any atom is -0.490 e. The summed E-state index contributed by atoms with van der Waals surface area (Å²) < 4.78 is 13.1. The SMILES string of the molecule is CCOc1cc(C=O)cc(Br)c1OCc1ccc(Br)s1. The van der Waals surface area contributed by atoms with Crippen LogP contribution in [0.4, 0.5) is 0 Å². The Labute approximate surface area is 138 Å². The molecule has 0 aliphatic heterocycles. The van der Waals surface area contributed by atoms with Crippen LogP contribution in [0.3, 0.4) is 0 Å². The van der Waals surface area contributed by atoms with E-state index in [0.29, 0.717) is 34.7 Å². The minimum absolute atomic E-state index is 0.454. The Balaban J connectivity index is 2.22. The molecule has 3 nitrogen and oxygen atoms in total. The first-order valence-electron chi connectivity index (χ1n) is 5.92. The van der Waals surface area contributed by atoms with Gasteiger partial charge in [0.15, 0.2) is 11.5 Å². The third-order valence-corrected chi connectivity index (χ3v) is 4.64. The lowest BCUT2D eigenvalue weighted by Crippen LogP contribution is -2.00. The van der Waals surface area contributed by atoms with Crippen molar-refractivity contribution in [3.05, 3.63) is 43.0 Å². The van der Waals surface area contributed by atoms with Crippen molar-refractivity contribution in [1.82, 2.24) is 0 Å². The average Bonchev–Trinajstić information content (AvgIpc) is 2.83. The average molecular weight is 420 g/mol. The fourth-order valence-electron chi connectivity index (χ4n) is 1.63. The molecule has 0 aliphatic rings. The molecule has 1 aromatic carbocycles. The van der Waals surface area contributed by atoms with Gasteiger partial charge in [-0.25, -0.2) is 0 Å². The zero-order chi connectivity index (χ0) is 14.5. The summed E-state index contributed by atoms with van der Waals surface area (Å²) in [6.07, 6.45) is 0.785. The van der Waals surface area contributed by atoms with Gasteiger partial charge in [-0.15, -0.1) is 11.3 Å². The molecular formula is C14H12Br2O3S. The van der Waals surface area contributed by atoms with Gasteiger partial charge in [-0.05, 0) is 63.0 Å². The van der Waals surface area contributed by atoms with Crippen molar-refractivity contribution in [2.45, 2.75) is 13.5 Å². The van der Waals surface area contributed by atoms with Crippen LogP contribution in [-0.2, 0) is 6.61 Å². The van der Waals surface area contributed by atoms with E-state index < -0.39 is 0 Å². The molecule has 0 unspecified atom stereocenters. The summed E-state index contributed by atoms with van der Waals surface area (Å²) >= 11 is 8.46. The zero-order valence-corrected chi connectivity index (χ0v) is 14.7. The zero-order valence-electron chi connectivity index (χ0n) is 10.7. The normalized spacial score (nSPS) is 10.3. The van der Waals surface area contributed by atoms with Crippen molar-refractivity contribution in [3.63, 3.8) is 0 Å². The molecule has 0 N–H and O–H groups in total. The molecule has 0 amide bonds. The molecule has 0 radical (unpaired) electrons. The van der Waals surface area contributed by atoms with Crippen LogP contribution in [-0.4, -0.2) is 12.9 Å². The van der Waals surface area contributed by atoms with Crippen LogP contribution in [0.1, 0.15) is 22.2 Å². The summed E-state index contributed by atoms with van der Waals surface area (Å²) in [5.74, 6) is 1.18. The van der Waals surface area contributed by atoms with Crippen molar-refractivity contribution >= 4 is 49.5 Å². The molecule has 0 spiro atoms. The van der Waals surface area contributed by atoms with Crippen LogP contribution in [0.15, 0.2) is 32.5 Å². The summed E-state index contributed by atoms with van der Waals surface area (Å²) in [6, 6.07) is 7.39. The summed E-state index contributed by atoms with van der Waals surface area (Å²) in [4.78, 5) is 12.0. The van der Waals surface area contributed by atoms with Crippen LogP contribution in [0, 0.1) is 0 Å². The largest absolute Gasteiger partial charge is 0.490 e. The third kappa shape index (κ3) is 3.84. The maximum atomic E-state index is 10.9. The molecule has 0 aliphatic carbocycles. The molecule has 0 atom stereocenters. The number of benzene rings is 1. The third-order valence-electron chi connectivity index (χ3n) is 2.46. The van der Waals surface area contributed by atoms with Crippen molar-refractivity contribution < 1.29 is 14.3 Å². The first kappa shape index (κ1) is 15.5. The molecule has 0 saturated carbocycles. The smallest absolute Gasteiger partial charge is 0.175 e. The predicted molar refractivity (Wildman–Crippen MR) is 87.0 cm³/mol. The molecule has 0 saturated heterocycles. The topological polar surface area (TPSA) is 35.5 Å². The van der Waals surface area contributed by atoms with Crippen LogP contribution in [0.2, 0.25) is 0 Å². The second-order valence-corrected chi connectivity index (χ2v) is 7.28. The van der Waals surface area contributed by atoms with Gasteiger partial charge in [0, 0.05) is 10.4 Å². The summed E-state index contributed by atoms with van der Waals surface area (Å²) in [7, 11) is 0. The van der Waals surface area contributed by atoms with E-state index >= 15 is 0 Å². The van der Waals surface area contributed by atoms with E-state index in [9.17, 15) is 4.79 Å². The Morgan fingerprint density at radius 2 is 2.05 bits per heavy atom. The predicted octanol–water partition coefficient (Wildman–Crippen LogP) is 5.06. The van der Waals surface area contributed by atoms with Gasteiger partial charge in [0.2, 0.25) is 0 Å². The number of hydrogen-bond acceptors (Lipinski definition) is 4. The Kier molecular flexibility index (Phi) is 5.63. The maximum Gasteiger partial charge on any atom is 0.175 e. The first-order chi connectivity index (χ1) is 9.63. The highest BCUT2D eigenvalue weighted by molar-refractivity contribution is 9.11. The van der Waals surface area contributed by atoms with Gasteiger partial charge >= 0.3 is 0 Å². The Hall–Kier alpha value is -0.850. The van der Waals surface area contributed by atoms with E-state index in [0.717, 1.165) is 14.9 Å². The number of halogens is 2. The fraction of sp³-hybridized carbons (Fsp3) is 0.214.